The molecule has 0 saturated heterocycles. The number of hydrogen-bond donors (Lipinski definition) is 2. The van der Waals surface area contributed by atoms with Gasteiger partial charge in [0.15, 0.2) is 11.0 Å². The number of hydrogen-bond acceptors (Lipinski definition) is 5. The SMILES string of the molecule is NS(=O)(=O)c1ccc(CCNc2nccnc2Cl)cc1. The molecule has 106 valence electrons. The van der Waals surface area contributed by atoms with Crippen molar-refractivity contribution in [2.45, 2.75) is 11.3 Å². The van der Waals surface area contributed by atoms with E-state index < -0.39 is 10.0 Å². The summed E-state index contributed by atoms with van der Waals surface area (Å²) >= 11 is 5.86. The van der Waals surface area contributed by atoms with Gasteiger partial charge in [0, 0.05) is 18.9 Å². The largest absolute Gasteiger partial charge is 0.367 e. The first-order chi connectivity index (χ1) is 9.47. The van der Waals surface area contributed by atoms with Crippen LogP contribution >= 0.6 is 11.6 Å². The van der Waals surface area contributed by atoms with Crippen LogP contribution in [0.2, 0.25) is 5.15 Å². The lowest BCUT2D eigenvalue weighted by atomic mass is 10.1. The Morgan fingerprint density at radius 2 is 1.80 bits per heavy atom. The summed E-state index contributed by atoms with van der Waals surface area (Å²) in [7, 11) is -3.64. The Morgan fingerprint density at radius 1 is 1.15 bits per heavy atom. The van der Waals surface area contributed by atoms with Gasteiger partial charge in [0.2, 0.25) is 10.0 Å². The second-order valence-corrected chi connectivity index (χ2v) is 5.98. The van der Waals surface area contributed by atoms with Gasteiger partial charge >= 0.3 is 0 Å². The number of halogens is 1. The number of nitrogens with zero attached hydrogens (tertiary/aromatic N) is 2. The van der Waals surface area contributed by atoms with Crippen LogP contribution in [0, 0.1) is 0 Å². The summed E-state index contributed by atoms with van der Waals surface area (Å²) in [5.41, 5.74) is 0.977. The van der Waals surface area contributed by atoms with E-state index in [0.29, 0.717) is 23.9 Å². The third kappa shape index (κ3) is 3.89. The molecule has 20 heavy (non-hydrogen) atoms. The van der Waals surface area contributed by atoms with Crippen molar-refractivity contribution >= 4 is 27.4 Å². The molecule has 2 rings (SSSR count). The molecule has 8 heteroatoms. The van der Waals surface area contributed by atoms with Crippen LogP contribution in [0.15, 0.2) is 41.6 Å². The molecule has 0 aliphatic heterocycles. The van der Waals surface area contributed by atoms with Gasteiger partial charge in [-0.15, -0.1) is 0 Å². The van der Waals surface area contributed by atoms with Crippen molar-refractivity contribution in [3.63, 3.8) is 0 Å². The fourth-order valence-corrected chi connectivity index (χ4v) is 2.30. The molecule has 0 bridgehead atoms. The monoisotopic (exact) mass is 312 g/mol. The number of anilines is 1. The van der Waals surface area contributed by atoms with E-state index in [2.05, 4.69) is 15.3 Å². The first-order valence-electron chi connectivity index (χ1n) is 5.79. The minimum absolute atomic E-state index is 0.103. The number of primary sulfonamides is 1. The molecule has 0 saturated carbocycles. The Labute approximate surface area is 122 Å². The maximum absolute atomic E-state index is 11.1. The van der Waals surface area contributed by atoms with Gasteiger partial charge in [-0.2, -0.15) is 0 Å². The van der Waals surface area contributed by atoms with Crippen molar-refractivity contribution in [2.24, 2.45) is 5.14 Å². The Balaban J connectivity index is 1.94. The molecule has 0 aliphatic carbocycles. The lowest BCUT2D eigenvalue weighted by molar-refractivity contribution is 0.598. The van der Waals surface area contributed by atoms with Crippen LogP contribution < -0.4 is 10.5 Å². The average molecular weight is 313 g/mol. The summed E-state index contributed by atoms with van der Waals surface area (Å²) < 4.78 is 22.2. The van der Waals surface area contributed by atoms with E-state index in [9.17, 15) is 8.42 Å². The van der Waals surface area contributed by atoms with Gasteiger partial charge < -0.3 is 5.32 Å². The molecule has 6 nitrogen and oxygen atoms in total. The summed E-state index contributed by atoms with van der Waals surface area (Å²) in [6.45, 7) is 0.604. The van der Waals surface area contributed by atoms with Crippen LogP contribution in [0.3, 0.4) is 0 Å². The number of benzene rings is 1. The van der Waals surface area contributed by atoms with Crippen LogP contribution in [-0.4, -0.2) is 24.9 Å². The summed E-state index contributed by atoms with van der Waals surface area (Å²) in [6, 6.07) is 6.42. The molecule has 1 heterocycles. The van der Waals surface area contributed by atoms with Gasteiger partial charge in [-0.3, -0.25) is 0 Å². The van der Waals surface area contributed by atoms with E-state index in [1.807, 2.05) is 0 Å². The van der Waals surface area contributed by atoms with Crippen molar-refractivity contribution < 1.29 is 8.42 Å². The number of rotatable bonds is 5. The molecule has 0 amide bonds. The summed E-state index contributed by atoms with van der Waals surface area (Å²) in [6.07, 6.45) is 3.76. The van der Waals surface area contributed by atoms with Gasteiger partial charge in [0.05, 0.1) is 4.90 Å². The fourth-order valence-electron chi connectivity index (χ4n) is 1.61. The zero-order chi connectivity index (χ0) is 14.6. The lowest BCUT2D eigenvalue weighted by Crippen LogP contribution is -2.12. The van der Waals surface area contributed by atoms with Crippen LogP contribution in [-0.2, 0) is 16.4 Å². The Hall–Kier alpha value is -1.70. The van der Waals surface area contributed by atoms with Gasteiger partial charge in [-0.25, -0.2) is 23.5 Å². The average Bonchev–Trinajstić information content (AvgIpc) is 2.40. The number of nitrogens with one attached hydrogen (secondary N) is 1. The molecular weight excluding hydrogens is 300 g/mol. The first-order valence-corrected chi connectivity index (χ1v) is 7.71. The van der Waals surface area contributed by atoms with Crippen LogP contribution in [0.5, 0.6) is 0 Å². The minimum atomic E-state index is -3.64. The normalized spacial score (nSPS) is 11.3. The zero-order valence-corrected chi connectivity index (χ0v) is 12.0. The van der Waals surface area contributed by atoms with E-state index in [1.54, 1.807) is 18.3 Å². The molecule has 0 atom stereocenters. The molecule has 2 aromatic rings. The number of nitrogens with two attached hydrogens (primary N) is 1. The van der Waals surface area contributed by atoms with E-state index >= 15 is 0 Å². The zero-order valence-electron chi connectivity index (χ0n) is 10.5. The van der Waals surface area contributed by atoms with E-state index in [4.69, 9.17) is 16.7 Å². The summed E-state index contributed by atoms with van der Waals surface area (Å²) in [4.78, 5) is 8.06. The second kappa shape index (κ2) is 6.17. The Kier molecular flexibility index (Phi) is 4.53. The molecule has 1 aromatic heterocycles. The maximum Gasteiger partial charge on any atom is 0.238 e. The third-order valence-electron chi connectivity index (χ3n) is 2.61. The van der Waals surface area contributed by atoms with Crippen molar-refractivity contribution in [2.75, 3.05) is 11.9 Å². The quantitative estimate of drug-likeness (QED) is 0.870. The molecule has 0 aliphatic rings. The maximum atomic E-state index is 11.1. The van der Waals surface area contributed by atoms with E-state index in [0.717, 1.165) is 5.56 Å². The topological polar surface area (TPSA) is 98.0 Å². The predicted molar refractivity (Wildman–Crippen MR) is 77.1 cm³/mol. The van der Waals surface area contributed by atoms with Crippen LogP contribution in [0.1, 0.15) is 5.56 Å². The standard InChI is InChI=1S/C12H13ClN4O2S/c13-11-12(17-8-7-15-11)16-6-5-9-1-3-10(4-2-9)20(14,18)19/h1-4,7-8H,5-6H2,(H,16,17)(H2,14,18,19). The Bertz CT molecular complexity index is 689. The molecule has 3 N–H and O–H groups in total. The Morgan fingerprint density at radius 3 is 2.40 bits per heavy atom. The minimum Gasteiger partial charge on any atom is -0.367 e. The lowest BCUT2D eigenvalue weighted by Gasteiger charge is -2.06. The molecule has 0 spiro atoms. The molecular formula is C12H13ClN4O2S. The molecule has 1 aromatic carbocycles. The van der Waals surface area contributed by atoms with Gasteiger partial charge in [0.25, 0.3) is 0 Å². The highest BCUT2D eigenvalue weighted by Gasteiger charge is 2.06. The molecule has 0 fully saturated rings. The van der Waals surface area contributed by atoms with Crippen LogP contribution in [0.4, 0.5) is 5.82 Å². The van der Waals surface area contributed by atoms with E-state index in [-0.39, 0.29) is 4.90 Å². The predicted octanol–water partition coefficient (Wildman–Crippen LogP) is 1.43. The van der Waals surface area contributed by atoms with Gasteiger partial charge in [0.1, 0.15) is 0 Å². The second-order valence-electron chi connectivity index (χ2n) is 4.06. The summed E-state index contributed by atoms with van der Waals surface area (Å²) in [5.74, 6) is 0.523. The molecule has 0 radical (unpaired) electrons. The van der Waals surface area contributed by atoms with Crippen LogP contribution in [0.25, 0.3) is 0 Å². The first kappa shape index (κ1) is 14.7. The van der Waals surface area contributed by atoms with Crippen molar-refractivity contribution in [1.82, 2.24) is 9.97 Å². The smallest absolute Gasteiger partial charge is 0.238 e. The molecule has 0 unspecified atom stereocenters. The number of aromatic nitrogens is 2. The van der Waals surface area contributed by atoms with Crippen molar-refractivity contribution in [3.8, 4) is 0 Å². The highest BCUT2D eigenvalue weighted by Crippen LogP contribution is 2.14. The summed E-state index contributed by atoms with van der Waals surface area (Å²) in [5, 5.41) is 8.40. The van der Waals surface area contributed by atoms with E-state index in [1.165, 1.54) is 18.3 Å². The number of sulfonamides is 1. The fraction of sp³-hybridized carbons (Fsp3) is 0.167. The van der Waals surface area contributed by atoms with Crippen molar-refractivity contribution in [3.05, 3.63) is 47.4 Å². The highest BCUT2D eigenvalue weighted by atomic mass is 35.5. The van der Waals surface area contributed by atoms with Gasteiger partial charge in [-0.1, -0.05) is 23.7 Å². The van der Waals surface area contributed by atoms with Crippen molar-refractivity contribution in [1.29, 1.82) is 0 Å². The highest BCUT2D eigenvalue weighted by molar-refractivity contribution is 7.89. The van der Waals surface area contributed by atoms with Gasteiger partial charge in [-0.05, 0) is 24.1 Å². The third-order valence-corrected chi connectivity index (χ3v) is 3.82.